The van der Waals surface area contributed by atoms with Crippen LogP contribution in [0.5, 0.6) is 5.75 Å². The van der Waals surface area contributed by atoms with E-state index in [1.54, 1.807) is 30.3 Å². The first kappa shape index (κ1) is 16.8. The molecule has 1 aromatic carbocycles. The molecule has 0 unspecified atom stereocenters. The zero-order chi connectivity index (χ0) is 15.8. The van der Waals surface area contributed by atoms with Gasteiger partial charge in [0.15, 0.2) is 0 Å². The van der Waals surface area contributed by atoms with Gasteiger partial charge in [-0.25, -0.2) is 4.79 Å². The van der Waals surface area contributed by atoms with E-state index >= 15 is 0 Å². The molecule has 114 valence electrons. The highest BCUT2D eigenvalue weighted by Crippen LogP contribution is 2.18. The largest absolute Gasteiger partial charge is 0.489 e. The summed E-state index contributed by atoms with van der Waals surface area (Å²) >= 11 is 0. The quantitative estimate of drug-likeness (QED) is 0.721. The Balaban J connectivity index is 2.87. The number of nitrogens with one attached hydrogen (secondary N) is 1. The maximum absolute atomic E-state index is 12.2. The highest BCUT2D eigenvalue weighted by Gasteiger charge is 2.23. The second-order valence-electron chi connectivity index (χ2n) is 5.09. The van der Waals surface area contributed by atoms with E-state index in [9.17, 15) is 9.59 Å². The Bertz CT molecular complexity index is 511. The summed E-state index contributed by atoms with van der Waals surface area (Å²) in [5.41, 5.74) is 0.314. The third-order valence-electron chi connectivity index (χ3n) is 2.80. The number of carbonyl (C=O) groups excluding carboxylic acids is 1. The van der Waals surface area contributed by atoms with E-state index in [0.29, 0.717) is 17.7 Å². The fourth-order valence-corrected chi connectivity index (χ4v) is 1.86. The highest BCUT2D eigenvalue weighted by atomic mass is 16.5. The van der Waals surface area contributed by atoms with Gasteiger partial charge in [-0.3, -0.25) is 4.79 Å². The monoisotopic (exact) mass is 291 g/mol. The van der Waals surface area contributed by atoms with Crippen LogP contribution in [0.3, 0.4) is 0 Å². The molecule has 1 rings (SSSR count). The van der Waals surface area contributed by atoms with E-state index in [4.69, 9.17) is 9.84 Å². The van der Waals surface area contributed by atoms with Crippen LogP contribution in [0, 0.1) is 5.92 Å². The number of carboxylic acids is 1. The van der Waals surface area contributed by atoms with E-state index in [2.05, 4.69) is 11.9 Å². The van der Waals surface area contributed by atoms with Crippen LogP contribution in [-0.2, 0) is 4.79 Å². The van der Waals surface area contributed by atoms with E-state index in [1.165, 1.54) is 0 Å². The summed E-state index contributed by atoms with van der Waals surface area (Å²) in [4.78, 5) is 23.4. The third-order valence-corrected chi connectivity index (χ3v) is 2.80. The van der Waals surface area contributed by atoms with Crippen LogP contribution in [-0.4, -0.2) is 29.6 Å². The van der Waals surface area contributed by atoms with Gasteiger partial charge in [-0.05, 0) is 24.5 Å². The van der Waals surface area contributed by atoms with Crippen LogP contribution < -0.4 is 10.1 Å². The van der Waals surface area contributed by atoms with Crippen molar-refractivity contribution in [3.63, 3.8) is 0 Å². The molecule has 0 saturated heterocycles. The molecule has 0 radical (unpaired) electrons. The fourth-order valence-electron chi connectivity index (χ4n) is 1.86. The number of aliphatic carboxylic acids is 1. The Hall–Kier alpha value is -2.30. The number of benzene rings is 1. The summed E-state index contributed by atoms with van der Waals surface area (Å²) in [6.45, 7) is 7.64. The minimum Gasteiger partial charge on any atom is -0.489 e. The molecule has 21 heavy (non-hydrogen) atoms. The summed E-state index contributed by atoms with van der Waals surface area (Å²) in [5.74, 6) is -0.925. The zero-order valence-corrected chi connectivity index (χ0v) is 12.3. The van der Waals surface area contributed by atoms with Crippen LogP contribution in [0.15, 0.2) is 36.9 Å². The minimum atomic E-state index is -1.04. The first-order valence-electron chi connectivity index (χ1n) is 6.82. The molecular weight excluding hydrogens is 270 g/mol. The predicted molar refractivity (Wildman–Crippen MR) is 80.5 cm³/mol. The lowest BCUT2D eigenvalue weighted by molar-refractivity contribution is -0.139. The summed E-state index contributed by atoms with van der Waals surface area (Å²) in [6, 6.07) is 5.80. The molecule has 1 aromatic rings. The van der Waals surface area contributed by atoms with E-state index in [0.717, 1.165) is 0 Å². The molecule has 0 fully saturated rings. The molecule has 5 heteroatoms. The second kappa shape index (κ2) is 8.09. The van der Waals surface area contributed by atoms with Crippen LogP contribution in [0.4, 0.5) is 0 Å². The molecule has 0 aliphatic rings. The van der Waals surface area contributed by atoms with Crippen molar-refractivity contribution in [1.82, 2.24) is 5.32 Å². The van der Waals surface area contributed by atoms with Gasteiger partial charge in [0.05, 0.1) is 5.56 Å². The van der Waals surface area contributed by atoms with Crippen molar-refractivity contribution in [3.8, 4) is 5.75 Å². The van der Waals surface area contributed by atoms with Crippen LogP contribution in [0.25, 0.3) is 0 Å². The lowest BCUT2D eigenvalue weighted by atomic mass is 10.0. The average molecular weight is 291 g/mol. The average Bonchev–Trinajstić information content (AvgIpc) is 2.44. The van der Waals surface area contributed by atoms with Crippen LogP contribution in [0.1, 0.15) is 30.6 Å². The molecule has 1 atom stereocenters. The van der Waals surface area contributed by atoms with Crippen molar-refractivity contribution in [2.45, 2.75) is 26.3 Å². The Labute approximate surface area is 124 Å². The van der Waals surface area contributed by atoms with Gasteiger partial charge in [0, 0.05) is 0 Å². The number of carbonyl (C=O) groups is 2. The lowest BCUT2D eigenvalue weighted by Crippen LogP contribution is -2.41. The molecule has 2 N–H and O–H groups in total. The number of para-hydroxylation sites is 1. The topological polar surface area (TPSA) is 75.6 Å². The maximum Gasteiger partial charge on any atom is 0.326 e. The van der Waals surface area contributed by atoms with Gasteiger partial charge in [0.2, 0.25) is 0 Å². The van der Waals surface area contributed by atoms with Gasteiger partial charge in [-0.2, -0.15) is 0 Å². The molecule has 0 bridgehead atoms. The first-order chi connectivity index (χ1) is 9.95. The summed E-state index contributed by atoms with van der Waals surface area (Å²) < 4.78 is 5.40. The number of rotatable bonds is 8. The molecule has 0 aromatic heterocycles. The Morgan fingerprint density at radius 1 is 1.38 bits per heavy atom. The smallest absolute Gasteiger partial charge is 0.326 e. The Kier molecular flexibility index (Phi) is 6.46. The SMILES string of the molecule is C=CCOc1ccccc1C(=O)N[C@@H](CC(C)C)C(=O)O. The van der Waals surface area contributed by atoms with E-state index in [-0.39, 0.29) is 12.5 Å². The van der Waals surface area contributed by atoms with Gasteiger partial charge in [0.1, 0.15) is 18.4 Å². The van der Waals surface area contributed by atoms with Crippen molar-refractivity contribution in [2.75, 3.05) is 6.61 Å². The van der Waals surface area contributed by atoms with Gasteiger partial charge < -0.3 is 15.2 Å². The summed E-state index contributed by atoms with van der Waals surface area (Å²) in [5, 5.41) is 11.7. The lowest BCUT2D eigenvalue weighted by Gasteiger charge is -2.17. The second-order valence-corrected chi connectivity index (χ2v) is 5.09. The number of hydrogen-bond donors (Lipinski definition) is 2. The van der Waals surface area contributed by atoms with Crippen molar-refractivity contribution < 1.29 is 19.4 Å². The number of carboxylic acid groups (broad SMARTS) is 1. The Morgan fingerprint density at radius 3 is 2.62 bits per heavy atom. The van der Waals surface area contributed by atoms with Crippen LogP contribution >= 0.6 is 0 Å². The standard InChI is InChI=1S/C16H21NO4/c1-4-9-21-14-8-6-5-7-12(14)15(18)17-13(16(19)20)10-11(2)3/h4-8,11,13H,1,9-10H2,2-3H3,(H,17,18)(H,19,20)/t13-/m0/s1. The summed E-state index contributed by atoms with van der Waals surface area (Å²) in [7, 11) is 0. The normalized spacial score (nSPS) is 11.8. The van der Waals surface area contributed by atoms with Crippen molar-refractivity contribution in [1.29, 1.82) is 0 Å². The molecule has 1 amide bonds. The van der Waals surface area contributed by atoms with E-state index < -0.39 is 17.9 Å². The fraction of sp³-hybridized carbons (Fsp3) is 0.375. The molecule has 0 aliphatic carbocycles. The van der Waals surface area contributed by atoms with Gasteiger partial charge in [-0.15, -0.1) is 0 Å². The predicted octanol–water partition coefficient (Wildman–Crippen LogP) is 2.48. The third kappa shape index (κ3) is 5.30. The summed E-state index contributed by atoms with van der Waals surface area (Å²) in [6.07, 6.45) is 1.95. The number of ether oxygens (including phenoxy) is 1. The van der Waals surface area contributed by atoms with Crippen molar-refractivity contribution >= 4 is 11.9 Å². The van der Waals surface area contributed by atoms with Crippen molar-refractivity contribution in [3.05, 3.63) is 42.5 Å². The number of hydrogen-bond acceptors (Lipinski definition) is 3. The van der Waals surface area contributed by atoms with Gasteiger partial charge in [0.25, 0.3) is 5.91 Å². The molecule has 0 spiro atoms. The number of amides is 1. The van der Waals surface area contributed by atoms with Crippen molar-refractivity contribution in [2.24, 2.45) is 5.92 Å². The first-order valence-corrected chi connectivity index (χ1v) is 6.82. The minimum absolute atomic E-state index is 0.165. The molecular formula is C16H21NO4. The molecule has 0 aliphatic heterocycles. The van der Waals surface area contributed by atoms with Crippen LogP contribution in [0.2, 0.25) is 0 Å². The molecule has 5 nitrogen and oxygen atoms in total. The zero-order valence-electron chi connectivity index (χ0n) is 12.3. The van der Waals surface area contributed by atoms with Gasteiger partial charge in [-0.1, -0.05) is 38.6 Å². The van der Waals surface area contributed by atoms with E-state index in [1.807, 2.05) is 13.8 Å². The maximum atomic E-state index is 12.2. The molecule has 0 heterocycles. The molecule has 0 saturated carbocycles. The highest BCUT2D eigenvalue weighted by molar-refractivity contribution is 5.98. The van der Waals surface area contributed by atoms with Gasteiger partial charge >= 0.3 is 5.97 Å². The Morgan fingerprint density at radius 2 is 2.05 bits per heavy atom.